The molecular formula is C16H22N4O2S. The summed E-state index contributed by atoms with van der Waals surface area (Å²) in [4.78, 5) is 12.1. The highest BCUT2D eigenvalue weighted by atomic mass is 32.2. The first-order valence-electron chi connectivity index (χ1n) is 7.55. The number of amides is 1. The molecule has 2 aromatic rings. The van der Waals surface area contributed by atoms with E-state index in [0.717, 1.165) is 0 Å². The summed E-state index contributed by atoms with van der Waals surface area (Å²) in [6.45, 7) is 11.0. The fourth-order valence-electron chi connectivity index (χ4n) is 1.92. The maximum absolute atomic E-state index is 12.1. The number of allylic oxidation sites excluding steroid dienone is 1. The first-order chi connectivity index (χ1) is 11.0. The monoisotopic (exact) mass is 334 g/mol. The Balaban J connectivity index is 2.13. The van der Waals surface area contributed by atoms with E-state index in [1.54, 1.807) is 18.4 Å². The standard InChI is InChI=1S/C16H22N4O2S/c1-5-8-20-14(13-7-6-9-22-13)18-19-16(20)23-12(4)15(21)17-10-11(2)3/h5-7,9,11-12H,1,8,10H2,2-4H3,(H,17,21). The molecule has 7 heteroatoms. The molecule has 23 heavy (non-hydrogen) atoms. The Labute approximate surface area is 140 Å². The molecular weight excluding hydrogens is 312 g/mol. The van der Waals surface area contributed by atoms with Gasteiger partial charge in [0.05, 0.1) is 11.5 Å². The number of nitrogens with one attached hydrogen (secondary N) is 1. The number of rotatable bonds is 8. The van der Waals surface area contributed by atoms with Crippen molar-refractivity contribution in [2.75, 3.05) is 6.54 Å². The molecule has 1 amide bonds. The lowest BCUT2D eigenvalue weighted by molar-refractivity contribution is -0.120. The number of furan rings is 1. The minimum atomic E-state index is -0.258. The molecule has 2 rings (SSSR count). The zero-order chi connectivity index (χ0) is 16.8. The molecule has 1 N–H and O–H groups in total. The molecule has 1 unspecified atom stereocenters. The maximum atomic E-state index is 12.1. The first-order valence-corrected chi connectivity index (χ1v) is 8.43. The van der Waals surface area contributed by atoms with Gasteiger partial charge in [0, 0.05) is 13.1 Å². The van der Waals surface area contributed by atoms with Gasteiger partial charge in [-0.2, -0.15) is 0 Å². The molecule has 0 aromatic carbocycles. The average Bonchev–Trinajstić information content (AvgIpc) is 3.15. The predicted octanol–water partition coefficient (Wildman–Crippen LogP) is 2.98. The number of hydrogen-bond acceptors (Lipinski definition) is 5. The third-order valence-corrected chi connectivity index (χ3v) is 4.19. The molecule has 0 fully saturated rings. The molecule has 1 atom stereocenters. The lowest BCUT2D eigenvalue weighted by Gasteiger charge is -2.13. The highest BCUT2D eigenvalue weighted by molar-refractivity contribution is 8.00. The number of thioether (sulfide) groups is 1. The molecule has 0 saturated carbocycles. The fraction of sp³-hybridized carbons (Fsp3) is 0.438. The van der Waals surface area contributed by atoms with Crippen molar-refractivity contribution in [2.24, 2.45) is 5.92 Å². The van der Waals surface area contributed by atoms with E-state index in [1.165, 1.54) is 11.8 Å². The van der Waals surface area contributed by atoms with Crippen molar-refractivity contribution in [3.8, 4) is 11.6 Å². The van der Waals surface area contributed by atoms with Crippen LogP contribution in [0.1, 0.15) is 20.8 Å². The van der Waals surface area contributed by atoms with Crippen molar-refractivity contribution in [2.45, 2.75) is 37.7 Å². The van der Waals surface area contributed by atoms with E-state index in [2.05, 4.69) is 35.9 Å². The van der Waals surface area contributed by atoms with E-state index in [1.807, 2.05) is 17.6 Å². The number of hydrogen-bond donors (Lipinski definition) is 1. The lowest BCUT2D eigenvalue weighted by atomic mass is 10.2. The van der Waals surface area contributed by atoms with Crippen LogP contribution in [0, 0.1) is 5.92 Å². The van der Waals surface area contributed by atoms with Crippen LogP contribution in [-0.4, -0.2) is 32.5 Å². The molecule has 0 aliphatic heterocycles. The van der Waals surface area contributed by atoms with Crippen LogP contribution in [-0.2, 0) is 11.3 Å². The van der Waals surface area contributed by atoms with Gasteiger partial charge in [-0.3, -0.25) is 9.36 Å². The van der Waals surface area contributed by atoms with Gasteiger partial charge in [0.1, 0.15) is 0 Å². The Morgan fingerprint density at radius 2 is 2.26 bits per heavy atom. The van der Waals surface area contributed by atoms with E-state index >= 15 is 0 Å². The third-order valence-electron chi connectivity index (χ3n) is 3.11. The minimum Gasteiger partial charge on any atom is -0.461 e. The van der Waals surface area contributed by atoms with Crippen LogP contribution in [0.15, 0.2) is 40.6 Å². The van der Waals surface area contributed by atoms with Crippen LogP contribution in [0.2, 0.25) is 0 Å². The molecule has 6 nitrogen and oxygen atoms in total. The zero-order valence-corrected chi connectivity index (χ0v) is 14.5. The molecule has 0 spiro atoms. The molecule has 0 saturated heterocycles. The van der Waals surface area contributed by atoms with Crippen molar-refractivity contribution in [3.63, 3.8) is 0 Å². The van der Waals surface area contributed by atoms with E-state index in [9.17, 15) is 4.79 Å². The van der Waals surface area contributed by atoms with Gasteiger partial charge in [0.15, 0.2) is 10.9 Å². The van der Waals surface area contributed by atoms with Crippen LogP contribution in [0.25, 0.3) is 11.6 Å². The van der Waals surface area contributed by atoms with E-state index in [-0.39, 0.29) is 11.2 Å². The summed E-state index contributed by atoms with van der Waals surface area (Å²) in [5, 5.41) is 11.7. The summed E-state index contributed by atoms with van der Waals surface area (Å²) < 4.78 is 7.28. The van der Waals surface area contributed by atoms with Crippen LogP contribution < -0.4 is 5.32 Å². The van der Waals surface area contributed by atoms with Gasteiger partial charge in [0.25, 0.3) is 0 Å². The Kier molecular flexibility index (Phi) is 6.04. The van der Waals surface area contributed by atoms with Crippen LogP contribution in [0.3, 0.4) is 0 Å². The quantitative estimate of drug-likeness (QED) is 0.593. The van der Waals surface area contributed by atoms with E-state index < -0.39 is 0 Å². The van der Waals surface area contributed by atoms with Crippen LogP contribution >= 0.6 is 11.8 Å². The molecule has 0 radical (unpaired) electrons. The number of carbonyl (C=O) groups is 1. The van der Waals surface area contributed by atoms with Gasteiger partial charge in [0.2, 0.25) is 11.7 Å². The van der Waals surface area contributed by atoms with Gasteiger partial charge in [-0.15, -0.1) is 16.8 Å². The summed E-state index contributed by atoms with van der Waals surface area (Å²) in [5.41, 5.74) is 0. The normalized spacial score (nSPS) is 12.3. The van der Waals surface area contributed by atoms with Gasteiger partial charge < -0.3 is 9.73 Å². The second kappa shape index (κ2) is 8.01. The topological polar surface area (TPSA) is 73.0 Å². The van der Waals surface area contributed by atoms with Gasteiger partial charge in [-0.25, -0.2) is 0 Å². The second-order valence-electron chi connectivity index (χ2n) is 5.58. The first kappa shape index (κ1) is 17.3. The third kappa shape index (κ3) is 4.48. The maximum Gasteiger partial charge on any atom is 0.233 e. The summed E-state index contributed by atoms with van der Waals surface area (Å²) >= 11 is 1.38. The SMILES string of the molecule is C=CCn1c(SC(C)C(=O)NCC(C)C)nnc1-c1ccco1. The van der Waals surface area contributed by atoms with Crippen molar-refractivity contribution in [1.82, 2.24) is 20.1 Å². The van der Waals surface area contributed by atoms with Crippen LogP contribution in [0.4, 0.5) is 0 Å². The van der Waals surface area contributed by atoms with E-state index in [0.29, 0.717) is 35.7 Å². The summed E-state index contributed by atoms with van der Waals surface area (Å²) in [6.07, 6.45) is 3.36. The minimum absolute atomic E-state index is 0.00333. The Bertz CT molecular complexity index is 649. The molecule has 124 valence electrons. The van der Waals surface area contributed by atoms with Crippen molar-refractivity contribution in [3.05, 3.63) is 31.1 Å². The molecule has 0 aliphatic carbocycles. The Hall–Kier alpha value is -2.02. The lowest BCUT2D eigenvalue weighted by Crippen LogP contribution is -2.33. The summed E-state index contributed by atoms with van der Waals surface area (Å²) in [7, 11) is 0. The molecule has 0 aliphatic rings. The van der Waals surface area contributed by atoms with Gasteiger partial charge in [-0.1, -0.05) is 31.7 Å². The number of aromatic nitrogens is 3. The smallest absolute Gasteiger partial charge is 0.233 e. The Morgan fingerprint density at radius 1 is 1.48 bits per heavy atom. The fourth-order valence-corrected chi connectivity index (χ4v) is 2.80. The van der Waals surface area contributed by atoms with Crippen molar-refractivity contribution in [1.29, 1.82) is 0 Å². The Morgan fingerprint density at radius 3 is 2.87 bits per heavy atom. The molecule has 0 bridgehead atoms. The average molecular weight is 334 g/mol. The summed E-state index contributed by atoms with van der Waals surface area (Å²) in [5.74, 6) is 1.69. The van der Waals surface area contributed by atoms with Gasteiger partial charge in [-0.05, 0) is 25.0 Å². The number of carbonyl (C=O) groups excluding carboxylic acids is 1. The van der Waals surface area contributed by atoms with Gasteiger partial charge >= 0.3 is 0 Å². The van der Waals surface area contributed by atoms with Crippen molar-refractivity contribution >= 4 is 17.7 Å². The molecule has 2 aromatic heterocycles. The predicted molar refractivity (Wildman–Crippen MR) is 91.1 cm³/mol. The highest BCUT2D eigenvalue weighted by Crippen LogP contribution is 2.27. The largest absolute Gasteiger partial charge is 0.461 e. The zero-order valence-electron chi connectivity index (χ0n) is 13.7. The molecule has 2 heterocycles. The highest BCUT2D eigenvalue weighted by Gasteiger charge is 2.21. The second-order valence-corrected chi connectivity index (χ2v) is 6.89. The van der Waals surface area contributed by atoms with Crippen molar-refractivity contribution < 1.29 is 9.21 Å². The summed E-state index contributed by atoms with van der Waals surface area (Å²) in [6, 6.07) is 3.63. The van der Waals surface area contributed by atoms with Crippen LogP contribution in [0.5, 0.6) is 0 Å². The number of nitrogens with zero attached hydrogens (tertiary/aromatic N) is 3. The van der Waals surface area contributed by atoms with E-state index in [4.69, 9.17) is 4.42 Å².